The van der Waals surface area contributed by atoms with E-state index in [9.17, 15) is 4.57 Å². The molecule has 0 aromatic heterocycles. The maximum atomic E-state index is 12.8. The van der Waals surface area contributed by atoms with Crippen molar-refractivity contribution >= 4 is 13.3 Å². The molecule has 0 fully saturated rings. The van der Waals surface area contributed by atoms with Gasteiger partial charge in [0, 0.05) is 14.2 Å². The SMILES string of the molecule is COCCOP(=O)(Cc1ccc(N)c(OC)c1)OCCOC. The molecule has 1 aromatic rings. The third-order valence-electron chi connectivity index (χ3n) is 2.82. The summed E-state index contributed by atoms with van der Waals surface area (Å²) in [5.74, 6) is 0.526. The molecule has 8 heteroatoms. The third kappa shape index (κ3) is 6.34. The molecule has 7 nitrogen and oxygen atoms in total. The van der Waals surface area contributed by atoms with Crippen LogP contribution >= 0.6 is 7.60 Å². The van der Waals surface area contributed by atoms with Crippen molar-refractivity contribution in [2.75, 3.05) is 53.5 Å². The minimum atomic E-state index is -3.30. The van der Waals surface area contributed by atoms with E-state index in [0.29, 0.717) is 24.7 Å². The fourth-order valence-electron chi connectivity index (χ4n) is 1.73. The van der Waals surface area contributed by atoms with Crippen molar-refractivity contribution in [3.63, 3.8) is 0 Å². The van der Waals surface area contributed by atoms with Crippen LogP contribution in [0.25, 0.3) is 0 Å². The molecule has 1 rings (SSSR count). The smallest absolute Gasteiger partial charge is 0.335 e. The molecule has 0 heterocycles. The average molecular weight is 333 g/mol. The molecule has 0 saturated carbocycles. The lowest BCUT2D eigenvalue weighted by Crippen LogP contribution is -2.08. The van der Waals surface area contributed by atoms with Crippen LogP contribution < -0.4 is 10.5 Å². The number of nitrogen functional groups attached to an aromatic ring is 1. The van der Waals surface area contributed by atoms with E-state index in [1.165, 1.54) is 7.11 Å². The number of hydrogen-bond acceptors (Lipinski definition) is 7. The van der Waals surface area contributed by atoms with E-state index in [-0.39, 0.29) is 19.4 Å². The Balaban J connectivity index is 2.79. The summed E-state index contributed by atoms with van der Waals surface area (Å²) in [7, 11) is 1.32. The van der Waals surface area contributed by atoms with Gasteiger partial charge in [0.25, 0.3) is 0 Å². The lowest BCUT2D eigenvalue weighted by atomic mass is 10.2. The number of rotatable bonds is 11. The van der Waals surface area contributed by atoms with Gasteiger partial charge < -0.3 is 29.0 Å². The van der Waals surface area contributed by atoms with Crippen molar-refractivity contribution in [3.05, 3.63) is 23.8 Å². The van der Waals surface area contributed by atoms with Crippen LogP contribution in [0.2, 0.25) is 0 Å². The molecule has 126 valence electrons. The second-order valence-corrected chi connectivity index (χ2v) is 6.55. The van der Waals surface area contributed by atoms with E-state index >= 15 is 0 Å². The first kappa shape index (κ1) is 18.9. The van der Waals surface area contributed by atoms with Gasteiger partial charge in [-0.05, 0) is 17.7 Å². The Morgan fingerprint density at radius 1 is 1.00 bits per heavy atom. The van der Waals surface area contributed by atoms with Gasteiger partial charge in [0.1, 0.15) is 5.75 Å². The molecule has 0 spiro atoms. The van der Waals surface area contributed by atoms with Gasteiger partial charge in [-0.3, -0.25) is 4.57 Å². The van der Waals surface area contributed by atoms with Crippen LogP contribution in [0, 0.1) is 0 Å². The molecule has 2 N–H and O–H groups in total. The van der Waals surface area contributed by atoms with Crippen LogP contribution in [-0.2, 0) is 29.2 Å². The van der Waals surface area contributed by atoms with E-state index in [1.807, 2.05) is 0 Å². The van der Waals surface area contributed by atoms with Gasteiger partial charge in [-0.15, -0.1) is 0 Å². The van der Waals surface area contributed by atoms with E-state index in [4.69, 9.17) is 29.0 Å². The lowest BCUT2D eigenvalue weighted by molar-refractivity contribution is 0.107. The van der Waals surface area contributed by atoms with Gasteiger partial charge in [0.2, 0.25) is 0 Å². The van der Waals surface area contributed by atoms with Crippen LogP contribution in [-0.4, -0.2) is 47.8 Å². The number of benzene rings is 1. The van der Waals surface area contributed by atoms with Crippen molar-refractivity contribution in [2.24, 2.45) is 0 Å². The Hall–Kier alpha value is -1.11. The van der Waals surface area contributed by atoms with E-state index in [2.05, 4.69) is 0 Å². The third-order valence-corrected chi connectivity index (χ3v) is 4.73. The summed E-state index contributed by atoms with van der Waals surface area (Å²) in [6.07, 6.45) is 0.122. The van der Waals surface area contributed by atoms with Gasteiger partial charge in [-0.2, -0.15) is 0 Å². The fraction of sp³-hybridized carbons (Fsp3) is 0.571. The van der Waals surface area contributed by atoms with E-state index in [0.717, 1.165) is 5.56 Å². The number of ether oxygens (including phenoxy) is 3. The Kier molecular flexibility index (Phi) is 8.45. The Morgan fingerprint density at radius 2 is 1.59 bits per heavy atom. The van der Waals surface area contributed by atoms with Gasteiger partial charge in [-0.25, -0.2) is 0 Å². The summed E-state index contributed by atoms with van der Waals surface area (Å²) < 4.78 is 38.6. The Morgan fingerprint density at radius 3 is 2.09 bits per heavy atom. The topological polar surface area (TPSA) is 89.2 Å². The molecule has 1 aromatic carbocycles. The molecule has 0 aliphatic rings. The second-order valence-electron chi connectivity index (χ2n) is 4.50. The first-order chi connectivity index (χ1) is 10.5. The zero-order valence-electron chi connectivity index (χ0n) is 13.2. The lowest BCUT2D eigenvalue weighted by Gasteiger charge is -2.19. The zero-order valence-corrected chi connectivity index (χ0v) is 14.1. The number of anilines is 1. The predicted molar refractivity (Wildman–Crippen MR) is 84.4 cm³/mol. The Labute approximate surface area is 131 Å². The van der Waals surface area contributed by atoms with Crippen LogP contribution in [0.4, 0.5) is 5.69 Å². The summed E-state index contributed by atoms with van der Waals surface area (Å²) in [5, 5.41) is 0. The van der Waals surface area contributed by atoms with Crippen LogP contribution in [0.1, 0.15) is 5.56 Å². The molecule has 0 amide bonds. The highest BCUT2D eigenvalue weighted by atomic mass is 31.2. The predicted octanol–water partition coefficient (Wildman–Crippen LogP) is 2.30. The summed E-state index contributed by atoms with van der Waals surface area (Å²) in [4.78, 5) is 0. The Bertz CT molecular complexity index is 482. The van der Waals surface area contributed by atoms with Gasteiger partial charge in [0.15, 0.2) is 0 Å². The maximum Gasteiger partial charge on any atom is 0.335 e. The summed E-state index contributed by atoms with van der Waals surface area (Å²) in [6, 6.07) is 5.19. The quantitative estimate of drug-likeness (QED) is 0.377. The number of hydrogen-bond donors (Lipinski definition) is 1. The summed E-state index contributed by atoms with van der Waals surface area (Å²) in [5.41, 5.74) is 7.04. The van der Waals surface area contributed by atoms with E-state index < -0.39 is 7.60 Å². The van der Waals surface area contributed by atoms with Crippen molar-refractivity contribution < 1.29 is 27.8 Å². The molecule has 22 heavy (non-hydrogen) atoms. The molecule has 0 unspecified atom stereocenters. The van der Waals surface area contributed by atoms with Crippen LogP contribution in [0.15, 0.2) is 18.2 Å². The van der Waals surface area contributed by atoms with Gasteiger partial charge in [-0.1, -0.05) is 6.07 Å². The van der Waals surface area contributed by atoms with Gasteiger partial charge >= 0.3 is 7.60 Å². The van der Waals surface area contributed by atoms with Crippen molar-refractivity contribution in [1.82, 2.24) is 0 Å². The average Bonchev–Trinajstić information content (AvgIpc) is 2.50. The molecule has 0 bridgehead atoms. The minimum absolute atomic E-state index is 0.122. The highest BCUT2D eigenvalue weighted by Crippen LogP contribution is 2.51. The standard InChI is InChI=1S/C14H24NO6P/c1-17-6-8-20-22(16,21-9-7-18-2)11-12-4-5-13(15)14(10-12)19-3/h4-5,10H,6-9,11,15H2,1-3H3. The molecule has 0 aliphatic carbocycles. The monoisotopic (exact) mass is 333 g/mol. The number of methoxy groups -OCH3 is 3. The summed E-state index contributed by atoms with van der Waals surface area (Å²) >= 11 is 0. The first-order valence-corrected chi connectivity index (χ1v) is 8.56. The molecule has 0 aliphatic heterocycles. The van der Waals surface area contributed by atoms with Crippen LogP contribution in [0.3, 0.4) is 0 Å². The largest absolute Gasteiger partial charge is 0.495 e. The van der Waals surface area contributed by atoms with Crippen LogP contribution in [0.5, 0.6) is 5.75 Å². The maximum absolute atomic E-state index is 12.8. The number of nitrogens with two attached hydrogens (primary N) is 1. The summed E-state index contributed by atoms with van der Waals surface area (Å²) in [6.45, 7) is 1.05. The first-order valence-electron chi connectivity index (χ1n) is 6.83. The highest BCUT2D eigenvalue weighted by molar-refractivity contribution is 7.53. The molecule has 0 atom stereocenters. The molecule has 0 radical (unpaired) electrons. The second kappa shape index (κ2) is 9.82. The van der Waals surface area contributed by atoms with Crippen molar-refractivity contribution in [1.29, 1.82) is 0 Å². The van der Waals surface area contributed by atoms with Crippen molar-refractivity contribution in [2.45, 2.75) is 6.16 Å². The normalized spacial score (nSPS) is 11.6. The zero-order chi connectivity index (χ0) is 16.4. The van der Waals surface area contributed by atoms with Crippen molar-refractivity contribution in [3.8, 4) is 5.75 Å². The minimum Gasteiger partial charge on any atom is -0.495 e. The fourth-order valence-corrected chi connectivity index (χ4v) is 3.33. The molecule has 0 saturated heterocycles. The van der Waals surface area contributed by atoms with E-state index in [1.54, 1.807) is 32.4 Å². The van der Waals surface area contributed by atoms with Gasteiger partial charge in [0.05, 0.1) is 45.4 Å². The highest BCUT2D eigenvalue weighted by Gasteiger charge is 2.25. The molecular formula is C14H24NO6P. The molecular weight excluding hydrogens is 309 g/mol.